The molecule has 1 aromatic carbocycles. The summed E-state index contributed by atoms with van der Waals surface area (Å²) in [5.74, 6) is -0.176. The van der Waals surface area contributed by atoms with Gasteiger partial charge in [0.1, 0.15) is 0 Å². The van der Waals surface area contributed by atoms with Crippen molar-refractivity contribution < 1.29 is 4.42 Å². The van der Waals surface area contributed by atoms with Crippen molar-refractivity contribution in [2.75, 3.05) is 0 Å². The van der Waals surface area contributed by atoms with Crippen molar-refractivity contribution >= 4 is 34.5 Å². The zero-order valence-corrected chi connectivity index (χ0v) is 12.4. The molecule has 3 rings (SSSR count). The van der Waals surface area contributed by atoms with Gasteiger partial charge in [-0.1, -0.05) is 35.3 Å². The molecule has 0 atom stereocenters. The zero-order valence-electron chi connectivity index (χ0n) is 10.0. The molecule has 0 fully saturated rings. The highest BCUT2D eigenvalue weighted by atomic mass is 35.5. The maximum Gasteiger partial charge on any atom is 0.437 e. The lowest BCUT2D eigenvalue weighted by Gasteiger charge is -2.01. The van der Waals surface area contributed by atoms with E-state index in [4.69, 9.17) is 27.6 Å². The SMILES string of the molecule is O=c1oc(-c2cccs2)nn1Cc1ccc(Cl)c(Cl)c1. The Morgan fingerprint density at radius 1 is 1.25 bits per heavy atom. The second-order valence-corrected chi connectivity index (χ2v) is 5.82. The summed E-state index contributed by atoms with van der Waals surface area (Å²) in [7, 11) is 0. The maximum absolute atomic E-state index is 11.8. The van der Waals surface area contributed by atoms with Crippen LogP contribution in [0, 0.1) is 0 Å². The second kappa shape index (κ2) is 5.44. The van der Waals surface area contributed by atoms with E-state index in [9.17, 15) is 4.79 Å². The third-order valence-electron chi connectivity index (χ3n) is 2.65. The minimum absolute atomic E-state index is 0.282. The number of rotatable bonds is 3. The molecule has 2 heterocycles. The lowest BCUT2D eigenvalue weighted by molar-refractivity contribution is 0.495. The first kappa shape index (κ1) is 13.4. The fourth-order valence-electron chi connectivity index (χ4n) is 1.72. The van der Waals surface area contributed by atoms with Gasteiger partial charge in [-0.3, -0.25) is 0 Å². The molecule has 0 saturated heterocycles. The average Bonchev–Trinajstić information content (AvgIpc) is 3.04. The fraction of sp³-hybridized carbons (Fsp3) is 0.0769. The molecule has 0 aliphatic heterocycles. The van der Waals surface area contributed by atoms with Gasteiger partial charge in [-0.2, -0.15) is 4.68 Å². The molecule has 0 bridgehead atoms. The summed E-state index contributed by atoms with van der Waals surface area (Å²) in [6, 6.07) is 8.90. The lowest BCUT2D eigenvalue weighted by atomic mass is 10.2. The van der Waals surface area contributed by atoms with Crippen LogP contribution in [0.2, 0.25) is 10.0 Å². The summed E-state index contributed by atoms with van der Waals surface area (Å²) in [6.07, 6.45) is 0. The summed E-state index contributed by atoms with van der Waals surface area (Å²) < 4.78 is 6.39. The van der Waals surface area contributed by atoms with Crippen LogP contribution in [0.3, 0.4) is 0 Å². The van der Waals surface area contributed by atoms with Crippen LogP contribution < -0.4 is 5.76 Å². The Bertz CT molecular complexity index is 793. The first-order valence-corrected chi connectivity index (χ1v) is 7.33. The number of hydrogen-bond donors (Lipinski definition) is 0. The molecular formula is C13H8Cl2N2O2S. The highest BCUT2D eigenvalue weighted by Crippen LogP contribution is 2.24. The molecule has 0 radical (unpaired) electrons. The van der Waals surface area contributed by atoms with Crippen LogP contribution in [-0.4, -0.2) is 9.78 Å². The Hall–Kier alpha value is -1.56. The van der Waals surface area contributed by atoms with Gasteiger partial charge in [0.15, 0.2) is 0 Å². The van der Waals surface area contributed by atoms with Gasteiger partial charge >= 0.3 is 5.76 Å². The molecule has 0 unspecified atom stereocenters. The molecular weight excluding hydrogens is 319 g/mol. The Morgan fingerprint density at radius 3 is 2.80 bits per heavy atom. The topological polar surface area (TPSA) is 48.0 Å². The molecule has 0 aliphatic rings. The molecule has 0 N–H and O–H groups in total. The normalized spacial score (nSPS) is 10.9. The van der Waals surface area contributed by atoms with E-state index in [1.807, 2.05) is 17.5 Å². The van der Waals surface area contributed by atoms with E-state index >= 15 is 0 Å². The first-order valence-electron chi connectivity index (χ1n) is 5.69. The van der Waals surface area contributed by atoms with Crippen LogP contribution in [-0.2, 0) is 6.54 Å². The maximum atomic E-state index is 11.8. The first-order chi connectivity index (χ1) is 9.63. The Balaban J connectivity index is 1.91. The third-order valence-corrected chi connectivity index (χ3v) is 4.25. The van der Waals surface area contributed by atoms with E-state index in [-0.39, 0.29) is 6.54 Å². The summed E-state index contributed by atoms with van der Waals surface area (Å²) in [6.45, 7) is 0.282. The van der Waals surface area contributed by atoms with Gasteiger partial charge in [0.05, 0.1) is 21.5 Å². The van der Waals surface area contributed by atoms with Crippen molar-refractivity contribution in [2.24, 2.45) is 0 Å². The van der Waals surface area contributed by atoms with Gasteiger partial charge in [-0.15, -0.1) is 16.4 Å². The second-order valence-electron chi connectivity index (χ2n) is 4.06. The minimum Gasteiger partial charge on any atom is -0.387 e. The van der Waals surface area contributed by atoms with Gasteiger partial charge in [-0.05, 0) is 29.1 Å². The van der Waals surface area contributed by atoms with Crippen LogP contribution >= 0.6 is 34.5 Å². The van der Waals surface area contributed by atoms with E-state index in [0.29, 0.717) is 15.9 Å². The average molecular weight is 327 g/mol. The van der Waals surface area contributed by atoms with Crippen LogP contribution in [0.15, 0.2) is 44.9 Å². The number of nitrogens with zero attached hydrogens (tertiary/aromatic N) is 2. The Kier molecular flexibility index (Phi) is 3.65. The van der Waals surface area contributed by atoms with Crippen LogP contribution in [0.1, 0.15) is 5.56 Å². The standard InChI is InChI=1S/C13H8Cl2N2O2S/c14-9-4-3-8(6-10(9)15)7-17-13(18)19-12(16-17)11-2-1-5-20-11/h1-6H,7H2. The molecule has 4 nitrogen and oxygen atoms in total. The minimum atomic E-state index is -0.500. The van der Waals surface area contributed by atoms with Crippen molar-refractivity contribution in [3.63, 3.8) is 0 Å². The Morgan fingerprint density at radius 2 is 2.10 bits per heavy atom. The summed E-state index contributed by atoms with van der Waals surface area (Å²) in [4.78, 5) is 12.6. The highest BCUT2D eigenvalue weighted by Gasteiger charge is 2.11. The molecule has 0 saturated carbocycles. The molecule has 3 aromatic rings. The van der Waals surface area contributed by atoms with Gasteiger partial charge in [0, 0.05) is 0 Å². The molecule has 102 valence electrons. The van der Waals surface area contributed by atoms with E-state index in [1.54, 1.807) is 18.2 Å². The van der Waals surface area contributed by atoms with Gasteiger partial charge in [0.2, 0.25) is 0 Å². The number of benzene rings is 1. The van der Waals surface area contributed by atoms with Crippen molar-refractivity contribution in [2.45, 2.75) is 6.54 Å². The van der Waals surface area contributed by atoms with E-state index in [2.05, 4.69) is 5.10 Å². The van der Waals surface area contributed by atoms with Crippen LogP contribution in [0.5, 0.6) is 0 Å². The number of halogens is 2. The molecule has 7 heteroatoms. The van der Waals surface area contributed by atoms with Crippen molar-refractivity contribution in [3.05, 3.63) is 61.9 Å². The highest BCUT2D eigenvalue weighted by molar-refractivity contribution is 7.13. The fourth-order valence-corrected chi connectivity index (χ4v) is 2.68. The largest absolute Gasteiger partial charge is 0.437 e. The Labute approximate surface area is 128 Å². The number of thiophene rings is 1. The summed E-state index contributed by atoms with van der Waals surface area (Å²) in [5.41, 5.74) is 0.826. The zero-order chi connectivity index (χ0) is 14.1. The van der Waals surface area contributed by atoms with E-state index < -0.39 is 5.76 Å². The third kappa shape index (κ3) is 2.65. The quantitative estimate of drug-likeness (QED) is 0.732. The van der Waals surface area contributed by atoms with Gasteiger partial charge in [-0.25, -0.2) is 4.79 Å². The van der Waals surface area contributed by atoms with Gasteiger partial charge < -0.3 is 4.42 Å². The lowest BCUT2D eigenvalue weighted by Crippen LogP contribution is -2.16. The number of hydrogen-bond acceptors (Lipinski definition) is 4. The molecule has 0 aliphatic carbocycles. The summed E-state index contributed by atoms with van der Waals surface area (Å²) >= 11 is 13.3. The predicted molar refractivity (Wildman–Crippen MR) is 79.6 cm³/mol. The number of aromatic nitrogens is 2. The van der Waals surface area contributed by atoms with Crippen molar-refractivity contribution in [3.8, 4) is 10.8 Å². The van der Waals surface area contributed by atoms with E-state index in [1.165, 1.54) is 16.0 Å². The monoisotopic (exact) mass is 326 g/mol. The van der Waals surface area contributed by atoms with Crippen LogP contribution in [0.4, 0.5) is 0 Å². The molecule has 0 spiro atoms. The van der Waals surface area contributed by atoms with Crippen molar-refractivity contribution in [1.29, 1.82) is 0 Å². The van der Waals surface area contributed by atoms with Crippen LogP contribution in [0.25, 0.3) is 10.8 Å². The van der Waals surface area contributed by atoms with Crippen molar-refractivity contribution in [1.82, 2.24) is 9.78 Å². The summed E-state index contributed by atoms with van der Waals surface area (Å²) in [5, 5.41) is 6.99. The van der Waals surface area contributed by atoms with E-state index in [0.717, 1.165) is 10.4 Å². The smallest absolute Gasteiger partial charge is 0.387 e. The molecule has 0 amide bonds. The predicted octanol–water partition coefficient (Wildman–Crippen LogP) is 3.92. The molecule has 20 heavy (non-hydrogen) atoms. The molecule has 2 aromatic heterocycles. The van der Waals surface area contributed by atoms with Gasteiger partial charge in [0.25, 0.3) is 5.89 Å².